The van der Waals surface area contributed by atoms with Crippen LogP contribution in [0.1, 0.15) is 26.2 Å². The monoisotopic (exact) mass is 311 g/mol. The molecule has 0 aliphatic carbocycles. The van der Waals surface area contributed by atoms with Gasteiger partial charge in [-0.3, -0.25) is 0 Å². The molecular weight excluding hydrogens is 290 g/mol. The third kappa shape index (κ3) is 5.04. The van der Waals surface area contributed by atoms with E-state index in [1.807, 2.05) is 23.9 Å². The van der Waals surface area contributed by atoms with Gasteiger partial charge in [0.1, 0.15) is 5.76 Å². The molecule has 1 heterocycles. The predicted octanol–water partition coefficient (Wildman–Crippen LogP) is 4.49. The van der Waals surface area contributed by atoms with Crippen molar-refractivity contribution in [2.45, 2.75) is 37.1 Å². The quantitative estimate of drug-likeness (QED) is 0.749. The highest BCUT2D eigenvalue weighted by Gasteiger charge is 2.17. The molecule has 0 amide bonds. The molecule has 2 nitrogen and oxygen atoms in total. The number of nitrogens with one attached hydrogen (secondary N) is 1. The Kier molecular flexibility index (Phi) is 6.77. The van der Waals surface area contributed by atoms with Gasteiger partial charge in [-0.05, 0) is 56.1 Å². The Morgan fingerprint density at radius 2 is 2.15 bits per heavy atom. The highest BCUT2D eigenvalue weighted by atomic mass is 35.5. The summed E-state index contributed by atoms with van der Waals surface area (Å²) in [6, 6.07) is 8.32. The van der Waals surface area contributed by atoms with Crippen LogP contribution in [0.3, 0.4) is 0 Å². The fraction of sp³-hybridized carbons (Fsp3) is 0.500. The van der Waals surface area contributed by atoms with Gasteiger partial charge in [0.15, 0.2) is 0 Å². The SMILES string of the molecule is CCCNC(CSc1ccc(Cl)cc1)C1=CCCCO1. The number of allylic oxidation sites excluding steroid dienone is 1. The van der Waals surface area contributed by atoms with Gasteiger partial charge in [-0.2, -0.15) is 0 Å². The molecule has 1 N–H and O–H groups in total. The molecule has 2 rings (SSSR count). The van der Waals surface area contributed by atoms with Gasteiger partial charge < -0.3 is 10.1 Å². The van der Waals surface area contributed by atoms with Crippen LogP contribution in [-0.4, -0.2) is 24.9 Å². The van der Waals surface area contributed by atoms with Gasteiger partial charge in [-0.25, -0.2) is 0 Å². The van der Waals surface area contributed by atoms with Crippen LogP contribution in [0.5, 0.6) is 0 Å². The van der Waals surface area contributed by atoms with E-state index >= 15 is 0 Å². The highest BCUT2D eigenvalue weighted by molar-refractivity contribution is 7.99. The van der Waals surface area contributed by atoms with Crippen LogP contribution in [0.4, 0.5) is 0 Å². The summed E-state index contributed by atoms with van der Waals surface area (Å²) in [4.78, 5) is 1.24. The summed E-state index contributed by atoms with van der Waals surface area (Å²) in [5, 5.41) is 4.37. The van der Waals surface area contributed by atoms with E-state index < -0.39 is 0 Å². The van der Waals surface area contributed by atoms with E-state index in [0.29, 0.717) is 6.04 Å². The second kappa shape index (κ2) is 8.60. The fourth-order valence-electron chi connectivity index (χ4n) is 2.09. The van der Waals surface area contributed by atoms with Crippen molar-refractivity contribution in [3.8, 4) is 0 Å². The van der Waals surface area contributed by atoms with Crippen LogP contribution in [0, 0.1) is 0 Å². The summed E-state index contributed by atoms with van der Waals surface area (Å²) in [6.07, 6.45) is 5.63. The molecule has 0 saturated carbocycles. The zero-order chi connectivity index (χ0) is 14.2. The van der Waals surface area contributed by atoms with Crippen LogP contribution < -0.4 is 5.32 Å². The van der Waals surface area contributed by atoms with Crippen LogP contribution in [0.2, 0.25) is 5.02 Å². The summed E-state index contributed by atoms with van der Waals surface area (Å²) < 4.78 is 5.81. The van der Waals surface area contributed by atoms with Crippen molar-refractivity contribution in [3.63, 3.8) is 0 Å². The van der Waals surface area contributed by atoms with Gasteiger partial charge in [0.25, 0.3) is 0 Å². The van der Waals surface area contributed by atoms with Gasteiger partial charge in [0.05, 0.1) is 12.6 Å². The molecule has 0 bridgehead atoms. The Balaban J connectivity index is 1.92. The second-order valence-electron chi connectivity index (χ2n) is 4.87. The molecule has 4 heteroatoms. The minimum Gasteiger partial charge on any atom is -0.497 e. The fourth-order valence-corrected chi connectivity index (χ4v) is 3.19. The van der Waals surface area contributed by atoms with Gasteiger partial charge in [0, 0.05) is 15.7 Å². The van der Waals surface area contributed by atoms with Gasteiger partial charge in [0.2, 0.25) is 0 Å². The number of benzene rings is 1. The zero-order valence-electron chi connectivity index (χ0n) is 11.9. The van der Waals surface area contributed by atoms with Gasteiger partial charge in [-0.1, -0.05) is 18.5 Å². The normalized spacial score (nSPS) is 16.4. The van der Waals surface area contributed by atoms with E-state index in [0.717, 1.165) is 48.9 Å². The molecule has 20 heavy (non-hydrogen) atoms. The van der Waals surface area contributed by atoms with E-state index in [9.17, 15) is 0 Å². The molecule has 0 aromatic heterocycles. The second-order valence-corrected chi connectivity index (χ2v) is 6.40. The molecule has 0 radical (unpaired) electrons. The van der Waals surface area contributed by atoms with Crippen molar-refractivity contribution in [2.24, 2.45) is 0 Å². The minimum absolute atomic E-state index is 0.302. The van der Waals surface area contributed by atoms with Gasteiger partial charge in [-0.15, -0.1) is 11.8 Å². The summed E-state index contributed by atoms with van der Waals surface area (Å²) in [5.41, 5.74) is 0. The Hall–Kier alpha value is -0.640. The number of thioether (sulfide) groups is 1. The molecule has 1 aromatic rings. The topological polar surface area (TPSA) is 21.3 Å². The largest absolute Gasteiger partial charge is 0.497 e. The third-order valence-corrected chi connectivity index (χ3v) is 4.53. The summed E-state index contributed by atoms with van der Waals surface area (Å²) in [7, 11) is 0. The molecule has 0 fully saturated rings. The number of hydrogen-bond acceptors (Lipinski definition) is 3. The molecule has 1 aromatic carbocycles. The Bertz CT molecular complexity index is 433. The van der Waals surface area contributed by atoms with Crippen molar-refractivity contribution in [2.75, 3.05) is 18.9 Å². The molecule has 1 aliphatic heterocycles. The van der Waals surface area contributed by atoms with E-state index in [1.165, 1.54) is 4.90 Å². The summed E-state index contributed by atoms with van der Waals surface area (Å²) in [6.45, 7) is 4.06. The summed E-state index contributed by atoms with van der Waals surface area (Å²) in [5.74, 6) is 2.10. The van der Waals surface area contributed by atoms with Crippen LogP contribution in [0.25, 0.3) is 0 Å². The highest BCUT2D eigenvalue weighted by Crippen LogP contribution is 2.24. The van der Waals surface area contributed by atoms with Crippen molar-refractivity contribution < 1.29 is 4.74 Å². The maximum absolute atomic E-state index is 5.91. The lowest BCUT2D eigenvalue weighted by atomic mass is 10.1. The lowest BCUT2D eigenvalue weighted by Crippen LogP contribution is -2.35. The maximum atomic E-state index is 5.91. The first kappa shape index (κ1) is 15.7. The van der Waals surface area contributed by atoms with E-state index in [-0.39, 0.29) is 0 Å². The van der Waals surface area contributed by atoms with Crippen molar-refractivity contribution in [1.82, 2.24) is 5.32 Å². The molecule has 1 aliphatic rings. The van der Waals surface area contributed by atoms with Crippen molar-refractivity contribution in [3.05, 3.63) is 41.1 Å². The first-order valence-electron chi connectivity index (χ1n) is 7.24. The molecule has 0 spiro atoms. The minimum atomic E-state index is 0.302. The number of hydrogen-bond donors (Lipinski definition) is 1. The Morgan fingerprint density at radius 1 is 1.35 bits per heavy atom. The van der Waals surface area contributed by atoms with Gasteiger partial charge >= 0.3 is 0 Å². The van der Waals surface area contributed by atoms with E-state index in [1.54, 1.807) is 0 Å². The molecule has 110 valence electrons. The third-order valence-electron chi connectivity index (χ3n) is 3.18. The maximum Gasteiger partial charge on any atom is 0.110 e. The molecule has 1 unspecified atom stereocenters. The van der Waals surface area contributed by atoms with E-state index in [4.69, 9.17) is 16.3 Å². The lowest BCUT2D eigenvalue weighted by molar-refractivity contribution is 0.172. The van der Waals surface area contributed by atoms with Crippen LogP contribution in [0.15, 0.2) is 41.0 Å². The standard InChI is InChI=1S/C16H22ClNOS/c1-2-10-18-15(16-5-3-4-11-19-16)12-20-14-8-6-13(17)7-9-14/h5-9,15,18H,2-4,10-12H2,1H3. The van der Waals surface area contributed by atoms with E-state index in [2.05, 4.69) is 30.4 Å². The average Bonchev–Trinajstić information content (AvgIpc) is 2.50. The predicted molar refractivity (Wildman–Crippen MR) is 87.5 cm³/mol. The molecule has 1 atom stereocenters. The van der Waals surface area contributed by atoms with Crippen LogP contribution >= 0.6 is 23.4 Å². The Labute approximate surface area is 130 Å². The van der Waals surface area contributed by atoms with Crippen molar-refractivity contribution in [1.29, 1.82) is 0 Å². The molecular formula is C16H22ClNOS. The zero-order valence-corrected chi connectivity index (χ0v) is 13.5. The summed E-state index contributed by atoms with van der Waals surface area (Å²) >= 11 is 7.75. The number of rotatable bonds is 7. The number of ether oxygens (including phenoxy) is 1. The average molecular weight is 312 g/mol. The Morgan fingerprint density at radius 3 is 2.80 bits per heavy atom. The van der Waals surface area contributed by atoms with Crippen molar-refractivity contribution >= 4 is 23.4 Å². The molecule has 0 saturated heterocycles. The lowest BCUT2D eigenvalue weighted by Gasteiger charge is -2.24. The first-order chi connectivity index (χ1) is 9.79. The first-order valence-corrected chi connectivity index (χ1v) is 8.60. The smallest absolute Gasteiger partial charge is 0.110 e. The number of halogens is 1. The van der Waals surface area contributed by atoms with Crippen LogP contribution in [-0.2, 0) is 4.74 Å².